The topological polar surface area (TPSA) is 52.0 Å². The number of aromatic nitrogens is 3. The highest BCUT2D eigenvalue weighted by atomic mass is 16.5. The minimum Gasteiger partial charge on any atom is -0.461 e. The van der Waals surface area contributed by atoms with E-state index in [-0.39, 0.29) is 0 Å². The Bertz CT molecular complexity index is 536. The second-order valence-corrected chi connectivity index (χ2v) is 5.24. The Kier molecular flexibility index (Phi) is 3.97. The molecule has 1 fully saturated rings. The van der Waals surface area contributed by atoms with Crippen LogP contribution in [0.4, 0.5) is 0 Å². The summed E-state index contributed by atoms with van der Waals surface area (Å²) in [5.74, 6) is 0.866. The van der Waals surface area contributed by atoms with Gasteiger partial charge in [0.05, 0.1) is 5.69 Å². The molecule has 0 bridgehead atoms. The molecule has 0 aliphatic heterocycles. The summed E-state index contributed by atoms with van der Waals surface area (Å²) in [7, 11) is 0. The van der Waals surface area contributed by atoms with Gasteiger partial charge in [0.2, 0.25) is 0 Å². The van der Waals surface area contributed by atoms with Crippen molar-refractivity contribution in [3.63, 3.8) is 0 Å². The highest BCUT2D eigenvalue weighted by Crippen LogP contribution is 2.32. The summed E-state index contributed by atoms with van der Waals surface area (Å²) >= 11 is 0. The first-order valence-electron chi connectivity index (χ1n) is 7.16. The minimum atomic E-state index is 0.426. The second-order valence-electron chi connectivity index (χ2n) is 5.24. The summed E-state index contributed by atoms with van der Waals surface area (Å²) in [4.78, 5) is 4.16. The first-order chi connectivity index (χ1) is 9.83. The molecule has 5 heteroatoms. The Morgan fingerprint density at radius 1 is 1.35 bits per heavy atom. The third kappa shape index (κ3) is 3.36. The van der Waals surface area contributed by atoms with E-state index in [2.05, 4.69) is 22.3 Å². The number of nitrogens with one attached hydrogen (secondary N) is 1. The molecule has 1 aromatic carbocycles. The molecule has 0 spiro atoms. The number of hydrogen-bond acceptors (Lipinski definition) is 4. The van der Waals surface area contributed by atoms with E-state index in [4.69, 9.17) is 4.74 Å². The number of para-hydroxylation sites is 1. The summed E-state index contributed by atoms with van der Waals surface area (Å²) in [6.07, 6.45) is 4.39. The first-order valence-corrected chi connectivity index (χ1v) is 7.16. The van der Waals surface area contributed by atoms with Crippen LogP contribution in [0.2, 0.25) is 0 Å². The van der Waals surface area contributed by atoms with Crippen LogP contribution in [-0.2, 0) is 0 Å². The fraction of sp³-hybridized carbons (Fsp3) is 0.467. The highest BCUT2D eigenvalue weighted by Gasteiger charge is 2.27. The number of ether oxygens (including phenoxy) is 1. The van der Waals surface area contributed by atoms with Crippen LogP contribution >= 0.6 is 0 Å². The molecule has 1 heterocycles. The van der Waals surface area contributed by atoms with Crippen LogP contribution in [0, 0.1) is 5.92 Å². The van der Waals surface area contributed by atoms with Crippen LogP contribution in [0.5, 0.6) is 6.01 Å². The van der Waals surface area contributed by atoms with Gasteiger partial charge in [-0.25, -0.2) is 4.68 Å². The van der Waals surface area contributed by atoms with Crippen molar-refractivity contribution in [1.29, 1.82) is 0 Å². The Balaban J connectivity index is 1.45. The predicted molar refractivity (Wildman–Crippen MR) is 77.0 cm³/mol. The largest absolute Gasteiger partial charge is 0.461 e. The summed E-state index contributed by atoms with van der Waals surface area (Å²) in [6.45, 7) is 3.66. The van der Waals surface area contributed by atoms with Gasteiger partial charge in [-0.2, -0.15) is 4.98 Å². The second kappa shape index (κ2) is 6.05. The molecule has 0 amide bonds. The van der Waals surface area contributed by atoms with Gasteiger partial charge in [-0.3, -0.25) is 0 Å². The van der Waals surface area contributed by atoms with E-state index in [1.807, 2.05) is 30.3 Å². The smallest absolute Gasteiger partial charge is 0.335 e. The Hall–Kier alpha value is -1.88. The molecule has 0 saturated heterocycles. The van der Waals surface area contributed by atoms with Crippen molar-refractivity contribution in [2.24, 2.45) is 5.92 Å². The third-order valence-electron chi connectivity index (χ3n) is 3.62. The van der Waals surface area contributed by atoms with E-state index in [0.29, 0.717) is 18.7 Å². The lowest BCUT2D eigenvalue weighted by Crippen LogP contribution is -2.31. The maximum Gasteiger partial charge on any atom is 0.335 e. The van der Waals surface area contributed by atoms with Gasteiger partial charge < -0.3 is 10.1 Å². The quantitative estimate of drug-likeness (QED) is 0.784. The van der Waals surface area contributed by atoms with Gasteiger partial charge in [0, 0.05) is 12.6 Å². The van der Waals surface area contributed by atoms with Crippen molar-refractivity contribution in [2.75, 3.05) is 13.2 Å². The van der Waals surface area contributed by atoms with E-state index in [1.165, 1.54) is 12.8 Å². The molecule has 3 rings (SSSR count). The van der Waals surface area contributed by atoms with E-state index in [9.17, 15) is 0 Å². The molecule has 1 N–H and O–H groups in total. The van der Waals surface area contributed by atoms with Crippen molar-refractivity contribution in [2.45, 2.75) is 25.8 Å². The average Bonchev–Trinajstić information content (AvgIpc) is 3.23. The van der Waals surface area contributed by atoms with Crippen molar-refractivity contribution in [3.8, 4) is 11.7 Å². The lowest BCUT2D eigenvalue weighted by Gasteiger charge is -2.11. The lowest BCUT2D eigenvalue weighted by molar-refractivity contribution is 0.281. The zero-order valence-electron chi connectivity index (χ0n) is 11.7. The maximum atomic E-state index is 5.55. The monoisotopic (exact) mass is 272 g/mol. The van der Waals surface area contributed by atoms with Crippen molar-refractivity contribution in [1.82, 2.24) is 20.1 Å². The van der Waals surface area contributed by atoms with Crippen molar-refractivity contribution < 1.29 is 4.74 Å². The zero-order chi connectivity index (χ0) is 13.8. The van der Waals surface area contributed by atoms with Crippen LogP contribution in [0.1, 0.15) is 19.8 Å². The van der Waals surface area contributed by atoms with Crippen LogP contribution in [0.3, 0.4) is 0 Å². The number of rotatable bonds is 7. The van der Waals surface area contributed by atoms with Gasteiger partial charge in [0.15, 0.2) is 0 Å². The SMILES string of the molecule is CC(NCCOc1ncn(-c2ccccc2)n1)C1CC1. The molecule has 1 unspecified atom stereocenters. The van der Waals surface area contributed by atoms with Crippen molar-refractivity contribution in [3.05, 3.63) is 36.7 Å². The Labute approximate surface area is 119 Å². The normalized spacial score (nSPS) is 16.1. The molecule has 1 aromatic heterocycles. The molecule has 1 atom stereocenters. The van der Waals surface area contributed by atoms with Crippen LogP contribution in [0.15, 0.2) is 36.7 Å². The van der Waals surface area contributed by atoms with Gasteiger partial charge in [0.25, 0.3) is 0 Å². The zero-order valence-corrected chi connectivity index (χ0v) is 11.7. The highest BCUT2D eigenvalue weighted by molar-refractivity contribution is 5.29. The minimum absolute atomic E-state index is 0.426. The van der Waals surface area contributed by atoms with E-state index < -0.39 is 0 Å². The summed E-state index contributed by atoms with van der Waals surface area (Å²) < 4.78 is 7.27. The molecule has 2 aromatic rings. The van der Waals surface area contributed by atoms with Gasteiger partial charge >= 0.3 is 6.01 Å². The summed E-state index contributed by atoms with van der Waals surface area (Å²) in [5.41, 5.74) is 0.982. The lowest BCUT2D eigenvalue weighted by atomic mass is 10.2. The molecular weight excluding hydrogens is 252 g/mol. The third-order valence-corrected chi connectivity index (χ3v) is 3.62. The van der Waals surface area contributed by atoms with E-state index >= 15 is 0 Å². The summed E-state index contributed by atoms with van der Waals surface area (Å²) in [6, 6.07) is 10.9. The molecule has 0 radical (unpaired) electrons. The molecule has 1 saturated carbocycles. The van der Waals surface area contributed by atoms with Gasteiger partial charge in [-0.15, -0.1) is 5.10 Å². The number of benzene rings is 1. The summed E-state index contributed by atoms with van der Waals surface area (Å²) in [5, 5.41) is 7.77. The van der Waals surface area contributed by atoms with E-state index in [0.717, 1.165) is 18.2 Å². The van der Waals surface area contributed by atoms with Crippen LogP contribution < -0.4 is 10.1 Å². The van der Waals surface area contributed by atoms with Gasteiger partial charge in [-0.05, 0) is 37.8 Å². The first kappa shape index (κ1) is 13.1. The molecule has 1 aliphatic rings. The Morgan fingerprint density at radius 3 is 2.90 bits per heavy atom. The number of nitrogens with zero attached hydrogens (tertiary/aromatic N) is 3. The average molecular weight is 272 g/mol. The molecular formula is C15H20N4O. The van der Waals surface area contributed by atoms with E-state index in [1.54, 1.807) is 11.0 Å². The fourth-order valence-electron chi connectivity index (χ4n) is 2.21. The molecule has 5 nitrogen and oxygen atoms in total. The van der Waals surface area contributed by atoms with Gasteiger partial charge in [0.1, 0.15) is 12.9 Å². The molecule has 106 valence electrons. The molecule has 1 aliphatic carbocycles. The maximum absolute atomic E-state index is 5.55. The standard InChI is InChI=1S/C15H20N4O/c1-12(13-7-8-13)16-9-10-20-15-17-11-19(18-15)14-5-3-2-4-6-14/h2-6,11-13,16H,7-10H2,1H3. The van der Waals surface area contributed by atoms with Crippen LogP contribution in [0.25, 0.3) is 5.69 Å². The predicted octanol–water partition coefficient (Wildman–Crippen LogP) is 2.03. The fourth-order valence-corrected chi connectivity index (χ4v) is 2.21. The van der Waals surface area contributed by atoms with Gasteiger partial charge in [-0.1, -0.05) is 18.2 Å². The van der Waals surface area contributed by atoms with Crippen LogP contribution in [-0.4, -0.2) is 34.0 Å². The molecule has 20 heavy (non-hydrogen) atoms. The number of hydrogen-bond donors (Lipinski definition) is 1. The van der Waals surface area contributed by atoms with Crippen molar-refractivity contribution >= 4 is 0 Å². The Morgan fingerprint density at radius 2 is 2.15 bits per heavy atom.